The SMILES string of the molecule is CCN[C@H](C)CNC(=O)CNc1ccccc1OC.Cl.Cl. The first-order valence-corrected chi connectivity index (χ1v) is 6.54. The fraction of sp³-hybridized carbons (Fsp3) is 0.500. The highest BCUT2D eigenvalue weighted by Gasteiger charge is 2.06. The van der Waals surface area contributed by atoms with Crippen LogP contribution in [0.1, 0.15) is 13.8 Å². The standard InChI is InChI=1S/C14H23N3O2.2ClH/c1-4-15-11(2)9-17-14(18)10-16-12-7-5-6-8-13(12)19-3;;/h5-8,11,15-16H,4,9-10H2,1-3H3,(H,17,18);2*1H/t11-;;/m1../s1. The number of methoxy groups -OCH3 is 1. The van der Waals surface area contributed by atoms with Crippen LogP contribution in [-0.4, -0.2) is 38.7 Å². The van der Waals surface area contributed by atoms with Crippen LogP contribution in [0.5, 0.6) is 5.75 Å². The Balaban J connectivity index is 0. The van der Waals surface area contributed by atoms with Crippen molar-refractivity contribution in [1.29, 1.82) is 0 Å². The van der Waals surface area contributed by atoms with Crippen LogP contribution in [0.4, 0.5) is 5.69 Å². The second kappa shape index (κ2) is 12.6. The molecule has 1 aromatic carbocycles. The maximum atomic E-state index is 11.7. The summed E-state index contributed by atoms with van der Waals surface area (Å²) < 4.78 is 5.20. The van der Waals surface area contributed by atoms with E-state index in [1.165, 1.54) is 0 Å². The van der Waals surface area contributed by atoms with Crippen LogP contribution in [0.25, 0.3) is 0 Å². The molecule has 7 heteroatoms. The molecule has 1 rings (SSSR count). The van der Waals surface area contributed by atoms with Crippen LogP contribution in [0, 0.1) is 0 Å². The van der Waals surface area contributed by atoms with Crippen molar-refractivity contribution in [3.05, 3.63) is 24.3 Å². The van der Waals surface area contributed by atoms with Gasteiger partial charge in [0.15, 0.2) is 0 Å². The molecule has 1 amide bonds. The molecule has 0 saturated carbocycles. The third-order valence-corrected chi connectivity index (χ3v) is 2.70. The van der Waals surface area contributed by atoms with Gasteiger partial charge in [-0.2, -0.15) is 0 Å². The van der Waals surface area contributed by atoms with Crippen molar-refractivity contribution in [1.82, 2.24) is 10.6 Å². The zero-order chi connectivity index (χ0) is 14.1. The summed E-state index contributed by atoms with van der Waals surface area (Å²) in [6.45, 7) is 5.84. The number of rotatable bonds is 8. The van der Waals surface area contributed by atoms with Crippen molar-refractivity contribution < 1.29 is 9.53 Å². The molecule has 0 saturated heterocycles. The molecule has 21 heavy (non-hydrogen) atoms. The molecule has 0 radical (unpaired) electrons. The molecular weight excluding hydrogens is 313 g/mol. The van der Waals surface area contributed by atoms with Gasteiger partial charge in [0.2, 0.25) is 5.91 Å². The molecule has 3 N–H and O–H groups in total. The summed E-state index contributed by atoms with van der Waals surface area (Å²) in [4.78, 5) is 11.7. The predicted octanol–water partition coefficient (Wildman–Crippen LogP) is 2.06. The molecule has 0 aromatic heterocycles. The minimum Gasteiger partial charge on any atom is -0.495 e. The average Bonchev–Trinajstić information content (AvgIpc) is 2.43. The topological polar surface area (TPSA) is 62.4 Å². The second-order valence-corrected chi connectivity index (χ2v) is 4.32. The quantitative estimate of drug-likeness (QED) is 0.679. The van der Waals surface area contributed by atoms with Gasteiger partial charge in [-0.15, -0.1) is 24.8 Å². The second-order valence-electron chi connectivity index (χ2n) is 4.32. The molecule has 0 aliphatic carbocycles. The number of halogens is 2. The van der Waals surface area contributed by atoms with Crippen molar-refractivity contribution >= 4 is 36.4 Å². The molecule has 5 nitrogen and oxygen atoms in total. The monoisotopic (exact) mass is 337 g/mol. The molecule has 1 aromatic rings. The molecule has 0 spiro atoms. The smallest absolute Gasteiger partial charge is 0.239 e. The number of likely N-dealkylation sites (N-methyl/N-ethyl adjacent to an activating group) is 1. The number of ether oxygens (including phenoxy) is 1. The van der Waals surface area contributed by atoms with Gasteiger partial charge in [-0.25, -0.2) is 0 Å². The van der Waals surface area contributed by atoms with Crippen LogP contribution in [0.2, 0.25) is 0 Å². The number of benzene rings is 1. The lowest BCUT2D eigenvalue weighted by Crippen LogP contribution is -2.40. The van der Waals surface area contributed by atoms with Gasteiger partial charge >= 0.3 is 0 Å². The van der Waals surface area contributed by atoms with Crippen LogP contribution in [0.3, 0.4) is 0 Å². The lowest BCUT2D eigenvalue weighted by Gasteiger charge is -2.14. The van der Waals surface area contributed by atoms with E-state index in [2.05, 4.69) is 16.0 Å². The Kier molecular flexibility index (Phi) is 13.2. The van der Waals surface area contributed by atoms with Crippen molar-refractivity contribution in [2.45, 2.75) is 19.9 Å². The molecule has 1 atom stereocenters. The first-order chi connectivity index (χ1) is 9.17. The molecule has 0 heterocycles. The first kappa shape index (κ1) is 22.1. The Morgan fingerprint density at radius 3 is 2.57 bits per heavy atom. The van der Waals surface area contributed by atoms with Crippen LogP contribution in [-0.2, 0) is 4.79 Å². The zero-order valence-electron chi connectivity index (χ0n) is 12.6. The van der Waals surface area contributed by atoms with Gasteiger partial charge in [0.25, 0.3) is 0 Å². The Hall–Kier alpha value is -1.17. The van der Waals surface area contributed by atoms with E-state index >= 15 is 0 Å². The van der Waals surface area contributed by atoms with E-state index in [1.54, 1.807) is 7.11 Å². The zero-order valence-corrected chi connectivity index (χ0v) is 14.3. The van der Waals surface area contributed by atoms with Gasteiger partial charge in [0.05, 0.1) is 19.3 Å². The van der Waals surface area contributed by atoms with Gasteiger partial charge < -0.3 is 20.7 Å². The van der Waals surface area contributed by atoms with Crippen molar-refractivity contribution in [2.24, 2.45) is 0 Å². The third-order valence-electron chi connectivity index (χ3n) is 2.70. The molecule has 0 unspecified atom stereocenters. The summed E-state index contributed by atoms with van der Waals surface area (Å²) in [5.41, 5.74) is 0.819. The number of para-hydroxylation sites is 2. The maximum absolute atomic E-state index is 11.7. The fourth-order valence-corrected chi connectivity index (χ4v) is 1.72. The summed E-state index contributed by atoms with van der Waals surface area (Å²) in [6, 6.07) is 7.80. The van der Waals surface area contributed by atoms with Crippen molar-refractivity contribution in [3.63, 3.8) is 0 Å². The molecule has 0 aliphatic rings. The van der Waals surface area contributed by atoms with Crippen molar-refractivity contribution in [2.75, 3.05) is 32.1 Å². The summed E-state index contributed by atoms with van der Waals surface area (Å²) in [6.07, 6.45) is 0. The largest absolute Gasteiger partial charge is 0.495 e. The van der Waals surface area contributed by atoms with Gasteiger partial charge in [-0.1, -0.05) is 19.1 Å². The number of carbonyl (C=O) groups excluding carboxylic acids is 1. The Morgan fingerprint density at radius 1 is 1.29 bits per heavy atom. The summed E-state index contributed by atoms with van der Waals surface area (Å²) in [7, 11) is 1.61. The molecule has 122 valence electrons. The lowest BCUT2D eigenvalue weighted by atomic mass is 10.3. The van der Waals surface area contributed by atoms with E-state index in [0.29, 0.717) is 6.54 Å². The Bertz CT molecular complexity index is 406. The van der Waals surface area contributed by atoms with Gasteiger partial charge in [0, 0.05) is 12.6 Å². The number of anilines is 1. The lowest BCUT2D eigenvalue weighted by molar-refractivity contribution is -0.119. The van der Waals surface area contributed by atoms with Crippen LogP contribution >= 0.6 is 24.8 Å². The average molecular weight is 338 g/mol. The van der Waals surface area contributed by atoms with Crippen LogP contribution < -0.4 is 20.7 Å². The van der Waals surface area contributed by atoms with E-state index in [4.69, 9.17) is 4.74 Å². The van der Waals surface area contributed by atoms with Gasteiger partial charge in [-0.05, 0) is 25.6 Å². The highest BCUT2D eigenvalue weighted by Crippen LogP contribution is 2.22. The van der Waals surface area contributed by atoms with Gasteiger partial charge in [-0.3, -0.25) is 4.79 Å². The minimum atomic E-state index is -0.0318. The Labute approximate surface area is 139 Å². The van der Waals surface area contributed by atoms with E-state index < -0.39 is 0 Å². The number of hydrogen-bond donors (Lipinski definition) is 3. The summed E-state index contributed by atoms with van der Waals surface area (Å²) >= 11 is 0. The molecular formula is C14H25Cl2N3O2. The first-order valence-electron chi connectivity index (χ1n) is 6.54. The normalized spacial score (nSPS) is 10.6. The highest BCUT2D eigenvalue weighted by atomic mass is 35.5. The fourth-order valence-electron chi connectivity index (χ4n) is 1.72. The van der Waals surface area contributed by atoms with E-state index in [0.717, 1.165) is 18.0 Å². The van der Waals surface area contributed by atoms with Crippen LogP contribution in [0.15, 0.2) is 24.3 Å². The van der Waals surface area contributed by atoms with E-state index in [9.17, 15) is 4.79 Å². The molecule has 0 bridgehead atoms. The molecule has 0 aliphatic heterocycles. The maximum Gasteiger partial charge on any atom is 0.239 e. The highest BCUT2D eigenvalue weighted by molar-refractivity contribution is 5.85. The molecule has 0 fully saturated rings. The predicted molar refractivity (Wildman–Crippen MR) is 92.1 cm³/mol. The number of hydrogen-bond acceptors (Lipinski definition) is 4. The summed E-state index contributed by atoms with van der Waals surface area (Å²) in [5.74, 6) is 0.701. The minimum absolute atomic E-state index is 0. The van der Waals surface area contributed by atoms with Crippen molar-refractivity contribution in [3.8, 4) is 5.75 Å². The van der Waals surface area contributed by atoms with Gasteiger partial charge in [0.1, 0.15) is 5.75 Å². The number of amides is 1. The summed E-state index contributed by atoms with van der Waals surface area (Å²) in [5, 5.41) is 9.17. The number of carbonyl (C=O) groups is 1. The van der Waals surface area contributed by atoms with E-state index in [-0.39, 0.29) is 43.3 Å². The Morgan fingerprint density at radius 2 is 1.95 bits per heavy atom. The third kappa shape index (κ3) is 8.65. The van der Waals surface area contributed by atoms with E-state index in [1.807, 2.05) is 38.1 Å². The number of nitrogens with one attached hydrogen (secondary N) is 3.